The van der Waals surface area contributed by atoms with Gasteiger partial charge in [0.1, 0.15) is 11.5 Å². The Hall–Kier alpha value is -4.86. The molecule has 0 atom stereocenters. The molecule has 0 aromatic heterocycles. The molecule has 0 aliphatic carbocycles. The topological polar surface area (TPSA) is 52.6 Å². The SMILES string of the molecule is Cc1cc(OC(=O)c2ccc(F)c(F)c2F)c2cc3cc(C)cc(OC(=O)c4ccc(F)c(F)c4F)c3cc2c1. The summed E-state index contributed by atoms with van der Waals surface area (Å²) in [5, 5.41) is 1.73. The van der Waals surface area contributed by atoms with E-state index in [9.17, 15) is 35.9 Å². The van der Waals surface area contributed by atoms with Crippen LogP contribution in [-0.2, 0) is 0 Å². The molecule has 0 aliphatic rings. The average molecular weight is 554 g/mol. The van der Waals surface area contributed by atoms with Crippen molar-refractivity contribution in [3.05, 3.63) is 118 Å². The molecule has 5 aromatic rings. The molecule has 10 heteroatoms. The Balaban J connectivity index is 1.58. The van der Waals surface area contributed by atoms with Gasteiger partial charge < -0.3 is 9.47 Å². The van der Waals surface area contributed by atoms with Crippen LogP contribution in [0.5, 0.6) is 11.5 Å². The molecule has 0 bridgehead atoms. The highest BCUT2D eigenvalue weighted by Crippen LogP contribution is 2.37. The first-order chi connectivity index (χ1) is 18.9. The number of halogens is 6. The lowest BCUT2D eigenvalue weighted by molar-refractivity contribution is 0.0720. The molecule has 0 heterocycles. The summed E-state index contributed by atoms with van der Waals surface area (Å²) in [7, 11) is 0. The quantitative estimate of drug-likeness (QED) is 0.0746. The van der Waals surface area contributed by atoms with Crippen LogP contribution in [0.3, 0.4) is 0 Å². The van der Waals surface area contributed by atoms with Gasteiger partial charge in [0.05, 0.1) is 11.1 Å². The van der Waals surface area contributed by atoms with Crippen molar-refractivity contribution in [3.63, 3.8) is 0 Å². The van der Waals surface area contributed by atoms with Crippen LogP contribution < -0.4 is 9.47 Å². The maximum atomic E-state index is 14.2. The maximum Gasteiger partial charge on any atom is 0.346 e. The molecule has 0 spiro atoms. The van der Waals surface area contributed by atoms with Gasteiger partial charge in [-0.3, -0.25) is 0 Å². The Labute approximate surface area is 222 Å². The van der Waals surface area contributed by atoms with Crippen LogP contribution in [0.25, 0.3) is 21.5 Å². The Bertz CT molecular complexity index is 1750. The first kappa shape index (κ1) is 26.7. The normalized spacial score (nSPS) is 11.2. The number of hydrogen-bond donors (Lipinski definition) is 0. The highest BCUT2D eigenvalue weighted by Gasteiger charge is 2.23. The second-order valence-electron chi connectivity index (χ2n) is 9.05. The molecule has 0 fully saturated rings. The molecular weight excluding hydrogens is 538 g/mol. The Morgan fingerprint density at radius 1 is 0.525 bits per heavy atom. The van der Waals surface area contributed by atoms with Crippen molar-refractivity contribution in [2.24, 2.45) is 0 Å². The van der Waals surface area contributed by atoms with E-state index >= 15 is 0 Å². The molecule has 5 aromatic carbocycles. The van der Waals surface area contributed by atoms with Gasteiger partial charge in [-0.25, -0.2) is 35.9 Å². The predicted octanol–water partition coefficient (Wildman–Crippen LogP) is 7.88. The van der Waals surface area contributed by atoms with Gasteiger partial charge in [-0.05, 0) is 84.3 Å². The summed E-state index contributed by atoms with van der Waals surface area (Å²) in [4.78, 5) is 25.3. The summed E-state index contributed by atoms with van der Waals surface area (Å²) in [6.45, 7) is 3.36. The summed E-state index contributed by atoms with van der Waals surface area (Å²) in [5.41, 5.74) is -0.391. The van der Waals surface area contributed by atoms with Gasteiger partial charge in [-0.15, -0.1) is 0 Å². The molecule has 0 amide bonds. The van der Waals surface area contributed by atoms with Crippen LogP contribution in [0.4, 0.5) is 26.3 Å². The summed E-state index contributed by atoms with van der Waals surface area (Å²) < 4.78 is 93.1. The van der Waals surface area contributed by atoms with E-state index in [1.807, 2.05) is 0 Å². The van der Waals surface area contributed by atoms with Crippen molar-refractivity contribution < 1.29 is 45.4 Å². The number of hydrogen-bond acceptors (Lipinski definition) is 4. The monoisotopic (exact) mass is 554 g/mol. The number of fused-ring (bicyclic) bond motifs is 2. The first-order valence-electron chi connectivity index (χ1n) is 11.6. The molecule has 5 rings (SSSR count). The summed E-state index contributed by atoms with van der Waals surface area (Å²) in [6.07, 6.45) is 0. The number of ether oxygens (including phenoxy) is 2. The van der Waals surface area contributed by atoms with Gasteiger partial charge in [-0.2, -0.15) is 0 Å². The minimum absolute atomic E-state index is 0.00468. The van der Waals surface area contributed by atoms with Crippen LogP contribution >= 0.6 is 0 Å². The minimum Gasteiger partial charge on any atom is -0.422 e. The van der Waals surface area contributed by atoms with Crippen molar-refractivity contribution >= 4 is 33.5 Å². The molecule has 0 radical (unpaired) electrons. The average Bonchev–Trinajstić information content (AvgIpc) is 2.89. The van der Waals surface area contributed by atoms with E-state index in [0.29, 0.717) is 44.8 Å². The standard InChI is InChI=1S/C30H16F6O4/c1-13-7-15-11-20-16(8-14(2)10-24(20)40-30(38)18-4-6-22(32)28(36)26(18)34)12-19(15)23(9-13)39-29(37)17-3-5-21(31)27(35)25(17)33/h3-12H,1-2H3. The first-order valence-corrected chi connectivity index (χ1v) is 11.6. The number of rotatable bonds is 4. The van der Waals surface area contributed by atoms with Gasteiger partial charge >= 0.3 is 11.9 Å². The second-order valence-corrected chi connectivity index (χ2v) is 9.05. The lowest BCUT2D eigenvalue weighted by Gasteiger charge is -2.14. The highest BCUT2D eigenvalue weighted by molar-refractivity contribution is 6.06. The Kier molecular flexibility index (Phi) is 6.70. The highest BCUT2D eigenvalue weighted by atomic mass is 19.2. The van der Waals surface area contributed by atoms with E-state index in [1.165, 1.54) is 12.1 Å². The molecule has 0 N–H and O–H groups in total. The number of aryl methyl sites for hydroxylation is 2. The number of benzene rings is 5. The second kappa shape index (κ2) is 10.0. The van der Waals surface area contributed by atoms with Crippen LogP contribution in [-0.4, -0.2) is 11.9 Å². The minimum atomic E-state index is -1.81. The fraction of sp³-hybridized carbons (Fsp3) is 0.0667. The van der Waals surface area contributed by atoms with Crippen LogP contribution in [0.15, 0.2) is 60.7 Å². The third-order valence-electron chi connectivity index (χ3n) is 6.15. The van der Waals surface area contributed by atoms with E-state index in [1.54, 1.807) is 38.1 Å². The third-order valence-corrected chi connectivity index (χ3v) is 6.15. The molecule has 0 saturated carbocycles. The smallest absolute Gasteiger partial charge is 0.346 e. The van der Waals surface area contributed by atoms with Crippen LogP contribution in [0.1, 0.15) is 31.8 Å². The van der Waals surface area contributed by atoms with Gasteiger partial charge in [0.25, 0.3) is 0 Å². The zero-order valence-corrected chi connectivity index (χ0v) is 20.7. The molecule has 0 aliphatic heterocycles. The van der Waals surface area contributed by atoms with Crippen molar-refractivity contribution in [1.82, 2.24) is 0 Å². The predicted molar refractivity (Wildman–Crippen MR) is 133 cm³/mol. The van der Waals surface area contributed by atoms with E-state index in [0.717, 1.165) is 12.1 Å². The van der Waals surface area contributed by atoms with E-state index in [4.69, 9.17) is 9.47 Å². The van der Waals surface area contributed by atoms with Crippen LogP contribution in [0.2, 0.25) is 0 Å². The molecule has 0 unspecified atom stereocenters. The fourth-order valence-electron chi connectivity index (χ4n) is 4.29. The Morgan fingerprint density at radius 2 is 0.900 bits per heavy atom. The van der Waals surface area contributed by atoms with Crippen molar-refractivity contribution in [2.45, 2.75) is 13.8 Å². The summed E-state index contributed by atoms with van der Waals surface area (Å²) >= 11 is 0. The van der Waals surface area contributed by atoms with Gasteiger partial charge in [0.15, 0.2) is 34.9 Å². The summed E-state index contributed by atoms with van der Waals surface area (Å²) in [5.74, 6) is -12.4. The zero-order valence-electron chi connectivity index (χ0n) is 20.7. The Morgan fingerprint density at radius 3 is 1.27 bits per heavy atom. The summed E-state index contributed by atoms with van der Waals surface area (Å²) in [6, 6.07) is 12.3. The van der Waals surface area contributed by atoms with E-state index in [-0.39, 0.29) is 11.5 Å². The van der Waals surface area contributed by atoms with Crippen molar-refractivity contribution in [3.8, 4) is 11.5 Å². The molecule has 40 heavy (non-hydrogen) atoms. The fourth-order valence-corrected chi connectivity index (χ4v) is 4.29. The molecule has 0 saturated heterocycles. The molecule has 4 nitrogen and oxygen atoms in total. The molecule has 202 valence electrons. The lowest BCUT2D eigenvalue weighted by atomic mass is 9.99. The van der Waals surface area contributed by atoms with Gasteiger partial charge in [0.2, 0.25) is 0 Å². The maximum absolute atomic E-state index is 14.2. The third kappa shape index (κ3) is 4.72. The van der Waals surface area contributed by atoms with E-state index in [2.05, 4.69) is 0 Å². The lowest BCUT2D eigenvalue weighted by Crippen LogP contribution is -2.13. The number of esters is 2. The number of carbonyl (C=O) groups excluding carboxylic acids is 2. The largest absolute Gasteiger partial charge is 0.422 e. The van der Waals surface area contributed by atoms with Crippen LogP contribution in [0, 0.1) is 48.8 Å². The van der Waals surface area contributed by atoms with Gasteiger partial charge in [0, 0.05) is 10.8 Å². The number of carbonyl (C=O) groups is 2. The van der Waals surface area contributed by atoms with Gasteiger partial charge in [-0.1, -0.05) is 12.1 Å². The molecular formula is C30H16F6O4. The van der Waals surface area contributed by atoms with Crippen molar-refractivity contribution in [2.75, 3.05) is 0 Å². The van der Waals surface area contributed by atoms with Crippen molar-refractivity contribution in [1.29, 1.82) is 0 Å². The zero-order chi connectivity index (χ0) is 28.9. The van der Waals surface area contributed by atoms with E-state index < -0.39 is 58.0 Å².